The van der Waals surface area contributed by atoms with Crippen molar-refractivity contribution in [3.63, 3.8) is 0 Å². The number of amides is 1. The number of benzene rings is 1. The molecule has 1 aromatic carbocycles. The van der Waals surface area contributed by atoms with Crippen LogP contribution in [0.2, 0.25) is 10.0 Å². The molecule has 0 aromatic heterocycles. The minimum atomic E-state index is -0.0679. The number of rotatable bonds is 3. The average Bonchev–Trinajstić information content (AvgIpc) is 2.38. The molecule has 0 aliphatic carbocycles. The molecule has 4 nitrogen and oxygen atoms in total. The second kappa shape index (κ2) is 6.72. The van der Waals surface area contributed by atoms with E-state index in [1.165, 1.54) is 0 Å². The lowest BCUT2D eigenvalue weighted by Gasteiger charge is -2.34. The summed E-state index contributed by atoms with van der Waals surface area (Å²) in [6.07, 6.45) is 0. The summed E-state index contributed by atoms with van der Waals surface area (Å²) in [5, 5.41) is 0.904. The van der Waals surface area contributed by atoms with E-state index >= 15 is 0 Å². The molecule has 1 amide bonds. The van der Waals surface area contributed by atoms with Crippen LogP contribution < -0.4 is 5.73 Å². The van der Waals surface area contributed by atoms with Crippen molar-refractivity contribution in [3.8, 4) is 0 Å². The molecule has 2 N–H and O–H groups in total. The summed E-state index contributed by atoms with van der Waals surface area (Å²) < 4.78 is 0. The summed E-state index contributed by atoms with van der Waals surface area (Å²) in [5.41, 5.74) is 6.01. The highest BCUT2D eigenvalue weighted by Gasteiger charge is 2.23. The molecule has 108 valence electrons. The van der Waals surface area contributed by atoms with E-state index in [0.717, 1.165) is 13.1 Å². The lowest BCUT2D eigenvalue weighted by atomic mass is 10.2. The summed E-state index contributed by atoms with van der Waals surface area (Å²) in [7, 11) is 0. The van der Waals surface area contributed by atoms with Gasteiger partial charge in [-0.25, -0.2) is 0 Å². The number of halogens is 2. The predicted molar refractivity (Wildman–Crippen MR) is 85.6 cm³/mol. The molecule has 1 fully saturated rings. The number of carbonyl (C=O) groups is 1. The zero-order chi connectivity index (χ0) is 14.7. The maximum absolute atomic E-state index is 12.4. The first-order valence-electron chi connectivity index (χ1n) is 6.22. The summed E-state index contributed by atoms with van der Waals surface area (Å²) >= 11 is 16.8. The number of hydrogen-bond acceptors (Lipinski definition) is 3. The van der Waals surface area contributed by atoms with Crippen molar-refractivity contribution < 1.29 is 4.79 Å². The third kappa shape index (κ3) is 3.82. The van der Waals surface area contributed by atoms with Crippen molar-refractivity contribution in [2.75, 3.05) is 32.7 Å². The maximum atomic E-state index is 12.4. The molecule has 20 heavy (non-hydrogen) atoms. The first-order valence-corrected chi connectivity index (χ1v) is 7.39. The van der Waals surface area contributed by atoms with Crippen LogP contribution in [0.1, 0.15) is 10.4 Å². The highest BCUT2D eigenvalue weighted by molar-refractivity contribution is 7.80. The molecular weight excluding hydrogens is 317 g/mol. The standard InChI is InChI=1S/C13H15Cl2N3OS/c14-9-1-2-10(11(15)7-9)13(19)18-5-3-17(4-6-18)8-12(16)20/h1-2,7H,3-6,8H2,(H2,16,20). The molecule has 1 saturated heterocycles. The normalized spacial score (nSPS) is 16.2. The Balaban J connectivity index is 1.99. The van der Waals surface area contributed by atoms with Crippen molar-refractivity contribution in [1.29, 1.82) is 0 Å². The monoisotopic (exact) mass is 331 g/mol. The van der Waals surface area contributed by atoms with Crippen LogP contribution in [0.25, 0.3) is 0 Å². The number of nitrogens with two attached hydrogens (primary N) is 1. The number of piperazine rings is 1. The van der Waals surface area contributed by atoms with Gasteiger partial charge in [-0.2, -0.15) is 0 Å². The molecule has 0 bridgehead atoms. The van der Waals surface area contributed by atoms with Crippen LogP contribution in [0.5, 0.6) is 0 Å². The van der Waals surface area contributed by atoms with Gasteiger partial charge in [-0.15, -0.1) is 0 Å². The average molecular weight is 332 g/mol. The summed E-state index contributed by atoms with van der Waals surface area (Å²) in [5.74, 6) is -0.0679. The zero-order valence-corrected chi connectivity index (χ0v) is 13.1. The first-order chi connectivity index (χ1) is 9.47. The van der Waals surface area contributed by atoms with Crippen LogP contribution in [0.3, 0.4) is 0 Å². The van der Waals surface area contributed by atoms with Gasteiger partial charge in [-0.3, -0.25) is 9.69 Å². The van der Waals surface area contributed by atoms with E-state index in [2.05, 4.69) is 4.90 Å². The third-order valence-corrected chi connectivity index (χ3v) is 3.88. The van der Waals surface area contributed by atoms with Crippen LogP contribution >= 0.6 is 35.4 Å². The predicted octanol–water partition coefficient (Wildman–Crippen LogP) is 2.04. The molecular formula is C13H15Cl2N3OS. The Morgan fingerprint density at radius 1 is 1.25 bits per heavy atom. The van der Waals surface area contributed by atoms with E-state index in [9.17, 15) is 4.79 Å². The minimum Gasteiger partial charge on any atom is -0.392 e. The van der Waals surface area contributed by atoms with Crippen molar-refractivity contribution in [3.05, 3.63) is 33.8 Å². The third-order valence-electron chi connectivity index (χ3n) is 3.20. The molecule has 1 aromatic rings. The van der Waals surface area contributed by atoms with Crippen LogP contribution in [0, 0.1) is 0 Å². The fourth-order valence-electron chi connectivity index (χ4n) is 2.16. The number of nitrogens with zero attached hydrogens (tertiary/aromatic N) is 2. The fourth-order valence-corrected chi connectivity index (χ4v) is 2.83. The molecule has 0 spiro atoms. The van der Waals surface area contributed by atoms with Crippen molar-refractivity contribution in [2.45, 2.75) is 0 Å². The van der Waals surface area contributed by atoms with Gasteiger partial charge in [0.2, 0.25) is 0 Å². The first kappa shape index (κ1) is 15.5. The molecule has 7 heteroatoms. The molecule has 0 radical (unpaired) electrons. The summed E-state index contributed by atoms with van der Waals surface area (Å²) in [6, 6.07) is 4.91. The Morgan fingerprint density at radius 3 is 2.45 bits per heavy atom. The van der Waals surface area contributed by atoms with Gasteiger partial charge in [0.1, 0.15) is 0 Å². The van der Waals surface area contributed by atoms with Gasteiger partial charge in [-0.05, 0) is 18.2 Å². The number of carbonyl (C=O) groups excluding carboxylic acids is 1. The smallest absolute Gasteiger partial charge is 0.255 e. The summed E-state index contributed by atoms with van der Waals surface area (Å²) in [6.45, 7) is 3.39. The Morgan fingerprint density at radius 2 is 1.90 bits per heavy atom. The fraction of sp³-hybridized carbons (Fsp3) is 0.385. The molecule has 1 aliphatic heterocycles. The zero-order valence-electron chi connectivity index (χ0n) is 10.8. The Kier molecular flexibility index (Phi) is 5.21. The SMILES string of the molecule is NC(=S)CN1CCN(C(=O)c2ccc(Cl)cc2Cl)CC1. The Hall–Kier alpha value is -0.880. The molecule has 2 rings (SSSR count). The quantitative estimate of drug-likeness (QED) is 0.861. The topological polar surface area (TPSA) is 49.6 Å². The number of hydrogen-bond donors (Lipinski definition) is 1. The lowest BCUT2D eigenvalue weighted by Crippen LogP contribution is -2.50. The lowest BCUT2D eigenvalue weighted by molar-refractivity contribution is 0.0654. The Bertz CT molecular complexity index is 530. The van der Waals surface area contributed by atoms with Crippen LogP contribution in [-0.2, 0) is 0 Å². The number of thiocarbonyl (C=S) groups is 1. The van der Waals surface area contributed by atoms with E-state index < -0.39 is 0 Å². The van der Waals surface area contributed by atoms with E-state index in [-0.39, 0.29) is 5.91 Å². The molecule has 1 aliphatic rings. The van der Waals surface area contributed by atoms with Crippen molar-refractivity contribution >= 4 is 46.3 Å². The van der Waals surface area contributed by atoms with E-state index in [4.69, 9.17) is 41.2 Å². The van der Waals surface area contributed by atoms with Gasteiger partial charge in [0.05, 0.1) is 15.6 Å². The second-order valence-corrected chi connectivity index (χ2v) is 6.03. The van der Waals surface area contributed by atoms with E-state index in [1.54, 1.807) is 23.1 Å². The highest BCUT2D eigenvalue weighted by Crippen LogP contribution is 2.22. The van der Waals surface area contributed by atoms with Crippen LogP contribution in [0.4, 0.5) is 0 Å². The van der Waals surface area contributed by atoms with Gasteiger partial charge in [0.25, 0.3) is 5.91 Å². The van der Waals surface area contributed by atoms with Gasteiger partial charge >= 0.3 is 0 Å². The van der Waals surface area contributed by atoms with Crippen LogP contribution in [0.15, 0.2) is 18.2 Å². The van der Waals surface area contributed by atoms with Gasteiger partial charge in [0, 0.05) is 37.7 Å². The van der Waals surface area contributed by atoms with Gasteiger partial charge in [0.15, 0.2) is 0 Å². The molecule has 1 heterocycles. The highest BCUT2D eigenvalue weighted by atomic mass is 35.5. The molecule has 0 unspecified atom stereocenters. The van der Waals surface area contributed by atoms with Crippen molar-refractivity contribution in [1.82, 2.24) is 9.80 Å². The molecule has 0 atom stereocenters. The van der Waals surface area contributed by atoms with E-state index in [0.29, 0.717) is 40.2 Å². The van der Waals surface area contributed by atoms with Gasteiger partial charge in [-0.1, -0.05) is 35.4 Å². The summed E-state index contributed by atoms with van der Waals surface area (Å²) in [4.78, 5) is 16.8. The maximum Gasteiger partial charge on any atom is 0.255 e. The van der Waals surface area contributed by atoms with Crippen LogP contribution in [-0.4, -0.2) is 53.4 Å². The van der Waals surface area contributed by atoms with Gasteiger partial charge < -0.3 is 10.6 Å². The Labute approximate surface area is 133 Å². The largest absolute Gasteiger partial charge is 0.392 e. The van der Waals surface area contributed by atoms with E-state index in [1.807, 2.05) is 0 Å². The second-order valence-electron chi connectivity index (χ2n) is 4.66. The van der Waals surface area contributed by atoms with Crippen molar-refractivity contribution in [2.24, 2.45) is 5.73 Å². The molecule has 0 saturated carbocycles. The minimum absolute atomic E-state index is 0.0679.